The van der Waals surface area contributed by atoms with Crippen LogP contribution >= 0.6 is 11.3 Å². The Balaban J connectivity index is 1.68. The van der Waals surface area contributed by atoms with Crippen molar-refractivity contribution in [2.75, 3.05) is 12.0 Å². The van der Waals surface area contributed by atoms with Gasteiger partial charge in [0.1, 0.15) is 17.3 Å². The number of methoxy groups -OCH3 is 1. The number of anilines is 1. The maximum absolute atomic E-state index is 13.4. The van der Waals surface area contributed by atoms with Crippen molar-refractivity contribution >= 4 is 32.6 Å². The van der Waals surface area contributed by atoms with Crippen LogP contribution in [0, 0.1) is 0 Å². The van der Waals surface area contributed by atoms with E-state index in [2.05, 4.69) is 4.98 Å². The van der Waals surface area contributed by atoms with Gasteiger partial charge in [-0.25, -0.2) is 4.98 Å². The smallest absolute Gasteiger partial charge is 0.260 e. The Labute approximate surface area is 178 Å². The van der Waals surface area contributed by atoms with Gasteiger partial charge in [0, 0.05) is 11.6 Å². The standard InChI is InChI=1S/C23H22N2O4S/c1-15(2)29-17-8-6-16(7-9-17)22(26)25(14-19-5-4-12-28-19)23-24-20-13-18(27-3)10-11-21(20)30-23/h4-13,15H,14H2,1-3H3. The van der Waals surface area contributed by atoms with E-state index in [-0.39, 0.29) is 18.6 Å². The fourth-order valence-corrected chi connectivity index (χ4v) is 3.97. The highest BCUT2D eigenvalue weighted by Gasteiger charge is 2.23. The number of nitrogens with zero attached hydrogens (tertiary/aromatic N) is 2. The average Bonchev–Trinajstić information content (AvgIpc) is 3.40. The van der Waals surface area contributed by atoms with Gasteiger partial charge in [0.05, 0.1) is 36.2 Å². The minimum atomic E-state index is -0.159. The van der Waals surface area contributed by atoms with E-state index >= 15 is 0 Å². The summed E-state index contributed by atoms with van der Waals surface area (Å²) in [5.74, 6) is 1.98. The van der Waals surface area contributed by atoms with Crippen LogP contribution in [0.4, 0.5) is 5.13 Å². The zero-order chi connectivity index (χ0) is 21.1. The third-order valence-electron chi connectivity index (χ3n) is 4.43. The van der Waals surface area contributed by atoms with Crippen LogP contribution in [-0.2, 0) is 6.54 Å². The molecule has 0 atom stereocenters. The van der Waals surface area contributed by atoms with Crippen LogP contribution in [0.3, 0.4) is 0 Å². The summed E-state index contributed by atoms with van der Waals surface area (Å²) in [7, 11) is 1.62. The zero-order valence-corrected chi connectivity index (χ0v) is 17.8. The molecule has 0 aliphatic heterocycles. The van der Waals surface area contributed by atoms with Gasteiger partial charge >= 0.3 is 0 Å². The van der Waals surface area contributed by atoms with Crippen molar-refractivity contribution in [1.82, 2.24) is 4.98 Å². The van der Waals surface area contributed by atoms with Gasteiger partial charge in [0.25, 0.3) is 5.91 Å². The molecule has 2 heterocycles. The number of carbonyl (C=O) groups is 1. The summed E-state index contributed by atoms with van der Waals surface area (Å²) >= 11 is 1.45. The fraction of sp³-hybridized carbons (Fsp3) is 0.217. The number of amides is 1. The van der Waals surface area contributed by atoms with E-state index in [1.54, 1.807) is 36.5 Å². The first kappa shape index (κ1) is 20.0. The molecule has 0 saturated heterocycles. The highest BCUT2D eigenvalue weighted by atomic mass is 32.1. The molecule has 4 rings (SSSR count). The summed E-state index contributed by atoms with van der Waals surface area (Å²) in [5.41, 5.74) is 1.33. The minimum absolute atomic E-state index is 0.0711. The highest BCUT2D eigenvalue weighted by Crippen LogP contribution is 2.33. The normalized spacial score (nSPS) is 11.1. The van der Waals surface area contributed by atoms with Gasteiger partial charge in [-0.1, -0.05) is 11.3 Å². The molecule has 6 nitrogen and oxygen atoms in total. The SMILES string of the molecule is COc1ccc2sc(N(Cc3ccco3)C(=O)c3ccc(OC(C)C)cc3)nc2c1. The predicted molar refractivity (Wildman–Crippen MR) is 118 cm³/mol. The summed E-state index contributed by atoms with van der Waals surface area (Å²) in [6, 6.07) is 16.5. The molecular formula is C23H22N2O4S. The molecular weight excluding hydrogens is 400 g/mol. The molecule has 0 aliphatic rings. The van der Waals surface area contributed by atoms with Crippen LogP contribution in [0.25, 0.3) is 10.2 Å². The molecule has 0 saturated carbocycles. The third kappa shape index (κ3) is 4.31. The van der Waals surface area contributed by atoms with Gasteiger partial charge in [-0.2, -0.15) is 0 Å². The minimum Gasteiger partial charge on any atom is -0.497 e. The molecule has 30 heavy (non-hydrogen) atoms. The number of aromatic nitrogens is 1. The predicted octanol–water partition coefficient (Wildman–Crippen LogP) is 5.53. The molecule has 4 aromatic rings. The Hall–Kier alpha value is -3.32. The largest absolute Gasteiger partial charge is 0.497 e. The lowest BCUT2D eigenvalue weighted by Crippen LogP contribution is -2.30. The first-order chi connectivity index (χ1) is 14.5. The lowest BCUT2D eigenvalue weighted by Gasteiger charge is -2.19. The highest BCUT2D eigenvalue weighted by molar-refractivity contribution is 7.22. The zero-order valence-electron chi connectivity index (χ0n) is 17.0. The number of fused-ring (bicyclic) bond motifs is 1. The number of furan rings is 1. The van der Waals surface area contributed by atoms with Crippen LogP contribution in [0.1, 0.15) is 30.0 Å². The van der Waals surface area contributed by atoms with Crippen LogP contribution in [-0.4, -0.2) is 24.1 Å². The second-order valence-corrected chi connectivity index (χ2v) is 8.00. The van der Waals surface area contributed by atoms with Crippen molar-refractivity contribution in [3.63, 3.8) is 0 Å². The second-order valence-electron chi connectivity index (χ2n) is 6.99. The summed E-state index contributed by atoms with van der Waals surface area (Å²) in [6.07, 6.45) is 1.67. The number of ether oxygens (including phenoxy) is 2. The Morgan fingerprint density at radius 3 is 2.57 bits per heavy atom. The lowest BCUT2D eigenvalue weighted by atomic mass is 10.2. The van der Waals surface area contributed by atoms with Crippen molar-refractivity contribution in [3.8, 4) is 11.5 Å². The van der Waals surface area contributed by atoms with Crippen LogP contribution < -0.4 is 14.4 Å². The van der Waals surface area contributed by atoms with Gasteiger partial charge in [-0.15, -0.1) is 0 Å². The summed E-state index contributed by atoms with van der Waals surface area (Å²) < 4.78 is 17.4. The van der Waals surface area contributed by atoms with E-state index in [1.807, 2.05) is 50.2 Å². The fourth-order valence-electron chi connectivity index (χ4n) is 3.03. The van der Waals surface area contributed by atoms with Gasteiger partial charge in [-0.3, -0.25) is 9.69 Å². The summed E-state index contributed by atoms with van der Waals surface area (Å²) in [4.78, 5) is 19.7. The molecule has 0 radical (unpaired) electrons. The van der Waals surface area contributed by atoms with E-state index in [1.165, 1.54) is 11.3 Å². The third-order valence-corrected chi connectivity index (χ3v) is 5.49. The molecule has 2 aromatic carbocycles. The quantitative estimate of drug-likeness (QED) is 0.392. The maximum atomic E-state index is 13.4. The lowest BCUT2D eigenvalue weighted by molar-refractivity contribution is 0.0983. The average molecular weight is 423 g/mol. The molecule has 0 aliphatic carbocycles. The number of hydrogen-bond acceptors (Lipinski definition) is 6. The summed E-state index contributed by atoms with van der Waals surface area (Å²) in [5, 5.41) is 0.599. The first-order valence-electron chi connectivity index (χ1n) is 9.59. The van der Waals surface area contributed by atoms with Crippen molar-refractivity contribution in [2.45, 2.75) is 26.5 Å². The Morgan fingerprint density at radius 1 is 1.13 bits per heavy atom. The molecule has 154 valence electrons. The molecule has 0 bridgehead atoms. The van der Waals surface area contributed by atoms with E-state index in [9.17, 15) is 4.79 Å². The van der Waals surface area contributed by atoms with Crippen molar-refractivity contribution in [3.05, 3.63) is 72.2 Å². The maximum Gasteiger partial charge on any atom is 0.260 e. The molecule has 0 unspecified atom stereocenters. The second kappa shape index (κ2) is 8.59. The molecule has 0 fully saturated rings. The van der Waals surface area contributed by atoms with E-state index in [4.69, 9.17) is 13.9 Å². The van der Waals surface area contributed by atoms with Crippen molar-refractivity contribution in [2.24, 2.45) is 0 Å². The number of hydrogen-bond donors (Lipinski definition) is 0. The van der Waals surface area contributed by atoms with Gasteiger partial charge in [0.15, 0.2) is 5.13 Å². The Bertz CT molecular complexity index is 1130. The monoisotopic (exact) mass is 422 g/mol. The summed E-state index contributed by atoms with van der Waals surface area (Å²) in [6.45, 7) is 4.21. The molecule has 1 amide bonds. The van der Waals surface area contributed by atoms with E-state index in [0.717, 1.165) is 21.7 Å². The number of thiazole rings is 1. The van der Waals surface area contributed by atoms with Gasteiger partial charge in [0.2, 0.25) is 0 Å². The molecule has 7 heteroatoms. The first-order valence-corrected chi connectivity index (χ1v) is 10.4. The van der Waals surface area contributed by atoms with Crippen LogP contribution in [0.15, 0.2) is 65.3 Å². The van der Waals surface area contributed by atoms with E-state index < -0.39 is 0 Å². The topological polar surface area (TPSA) is 64.8 Å². The van der Waals surface area contributed by atoms with Crippen LogP contribution in [0.5, 0.6) is 11.5 Å². The number of carbonyl (C=O) groups excluding carboxylic acids is 1. The van der Waals surface area contributed by atoms with E-state index in [0.29, 0.717) is 16.5 Å². The molecule has 0 N–H and O–H groups in total. The van der Waals surface area contributed by atoms with Crippen LogP contribution in [0.2, 0.25) is 0 Å². The van der Waals surface area contributed by atoms with Gasteiger partial charge in [-0.05, 0) is 62.4 Å². The van der Waals surface area contributed by atoms with Gasteiger partial charge < -0.3 is 13.9 Å². The number of benzene rings is 2. The number of rotatable bonds is 7. The van der Waals surface area contributed by atoms with Crippen molar-refractivity contribution in [1.29, 1.82) is 0 Å². The molecule has 2 aromatic heterocycles. The Morgan fingerprint density at radius 2 is 1.90 bits per heavy atom. The van der Waals surface area contributed by atoms with Crippen molar-refractivity contribution < 1.29 is 18.7 Å². The molecule has 0 spiro atoms. The Kier molecular flexibility index (Phi) is 5.72.